The van der Waals surface area contributed by atoms with Gasteiger partial charge >= 0.3 is 0 Å². The number of benzene rings is 1. The summed E-state index contributed by atoms with van der Waals surface area (Å²) in [6, 6.07) is -3.76. The quantitative estimate of drug-likeness (QED) is 0.0166. The van der Waals surface area contributed by atoms with Crippen LogP contribution in [0, 0.1) is 0 Å². The van der Waals surface area contributed by atoms with Crippen molar-refractivity contribution in [2.75, 3.05) is 58.9 Å². The first kappa shape index (κ1) is 84.4. The summed E-state index contributed by atoms with van der Waals surface area (Å²) in [6.07, 6.45) is 1.45. The molecule has 0 radical (unpaired) electrons. The Kier molecular flexibility index (Phi) is 39.2. The lowest BCUT2D eigenvalue weighted by Crippen LogP contribution is -2.60. The van der Waals surface area contributed by atoms with Gasteiger partial charge in [0.2, 0.25) is 59.1 Å². The molecular weight excluding hydrogens is 1310 g/mol. The average Bonchev–Trinajstić information content (AvgIpc) is 1.60. The van der Waals surface area contributed by atoms with Crippen LogP contribution in [0.15, 0.2) is 65.4 Å². The summed E-state index contributed by atoms with van der Waals surface area (Å²) in [6.45, 7) is -1.35. The Bertz CT molecular complexity index is 3210. The van der Waals surface area contributed by atoms with Gasteiger partial charge in [-0.15, -0.1) is 0 Å². The summed E-state index contributed by atoms with van der Waals surface area (Å²) < 4.78 is 0. The van der Waals surface area contributed by atoms with Crippen LogP contribution in [0.5, 0.6) is 0 Å². The van der Waals surface area contributed by atoms with Crippen molar-refractivity contribution in [1.29, 1.82) is 0 Å². The zero-order chi connectivity index (χ0) is 74.7. The zero-order valence-electron chi connectivity index (χ0n) is 55.9. The third-order valence-electron chi connectivity index (χ3n) is 14.4. The SMILES string of the molecule is NC(=O)[C@H](CCCN=C(N)N)NC(=O)[C@H](CCCN=C(N)N)NC(=O)[C@H](CCCN=C(N)N)NC(=O)[C@H](CCCN=C(N)N)NC(=O)[C@H](CCCN=C(N)N)NC(=O)[C@H](CCCN=C(N)N)NC(=O)[C@H](CCCN=C(N)N)NC(=O)CNC(=O)CNC(=O)[C@@H](N)Cc1c[nH]c2ccccc12. The summed E-state index contributed by atoms with van der Waals surface area (Å²) >= 11 is 0. The number of carbonyl (C=O) groups excluding carboxylic acids is 10. The molecule has 8 atom stereocenters. The number of H-pyrrole nitrogens is 1. The van der Waals surface area contributed by atoms with E-state index in [9.17, 15) is 47.9 Å². The lowest BCUT2D eigenvalue weighted by molar-refractivity contribution is -0.136. The van der Waals surface area contributed by atoms with Gasteiger partial charge in [-0.25, -0.2) is 0 Å². The number of rotatable bonds is 49. The van der Waals surface area contributed by atoms with Gasteiger partial charge in [0.05, 0.1) is 19.1 Å². The van der Waals surface area contributed by atoms with Gasteiger partial charge in [-0.2, -0.15) is 0 Å². The largest absolute Gasteiger partial charge is 0.370 e. The molecule has 0 aliphatic rings. The van der Waals surface area contributed by atoms with Gasteiger partial charge in [0.1, 0.15) is 42.3 Å². The van der Waals surface area contributed by atoms with Gasteiger partial charge in [-0.05, 0) is 108 Å². The summed E-state index contributed by atoms with van der Waals surface area (Å²) in [5.41, 5.74) is 91.0. The second kappa shape index (κ2) is 46.5. The summed E-state index contributed by atoms with van der Waals surface area (Å²) in [5.74, 6) is -10.7. The van der Waals surface area contributed by atoms with E-state index in [4.69, 9.17) is 91.7 Å². The summed E-state index contributed by atoms with van der Waals surface area (Å²) in [4.78, 5) is 169. The first-order valence-electron chi connectivity index (χ1n) is 32.0. The third kappa shape index (κ3) is 36.4. The first-order valence-corrected chi connectivity index (χ1v) is 32.0. The van der Waals surface area contributed by atoms with Crippen LogP contribution < -0.4 is 140 Å². The summed E-state index contributed by atoms with van der Waals surface area (Å²) in [7, 11) is 0. The second-order valence-electron chi connectivity index (χ2n) is 22.7. The van der Waals surface area contributed by atoms with Crippen LogP contribution in [0.1, 0.15) is 95.5 Å². The topological polar surface area (TPSA) is 798 Å². The van der Waals surface area contributed by atoms with E-state index in [0.29, 0.717) is 0 Å². The number of hydrogen-bond donors (Lipinski definition) is 26. The van der Waals surface area contributed by atoms with Crippen LogP contribution in [-0.4, -0.2) is 213 Å². The van der Waals surface area contributed by atoms with E-state index in [0.717, 1.165) is 16.5 Å². The molecule has 0 unspecified atom stereocenters. The van der Waals surface area contributed by atoms with Crippen molar-refractivity contribution in [3.8, 4) is 0 Å². The van der Waals surface area contributed by atoms with Gasteiger partial charge < -0.3 is 145 Å². The standard InChI is InChI=1S/C57H103N33O10/c58-32(26-30-27-81-33-11-2-1-10-31(30)33)44(94)83-28-41(91)82-29-42(92)84-35(13-4-20-75-52(62)63)45(95)86-37(15-6-22-77-54(66)67)47(97)88-39(17-8-24-79-56(70)71)49(99)90-40(18-9-25-80-57(72)73)50(100)89-38(16-7-23-78-55(68)69)48(98)87-36(14-5-21-76-53(64)65)46(96)85-34(43(59)93)12-3-19-74-51(60)61/h1-2,10-11,27,32,34-40,81H,3-9,12-26,28-29,58H2,(H2,59,93)(H,82,91)(H,83,94)(H,84,92)(H,85,96)(H,86,95)(H,87,98)(H,88,97)(H,89,100)(H,90,99)(H4,60,61,74)(H4,62,63,75)(H4,64,65,76)(H4,66,67,77)(H4,68,69,78)(H4,70,71,79)(H4,72,73,80)/t32-,34-,35-,36-,37-,38-,39-,40-/m0/s1. The Morgan fingerprint density at radius 2 is 0.610 bits per heavy atom. The Balaban J connectivity index is 2.56. The number of para-hydroxylation sites is 1. The molecule has 2 rings (SSSR count). The minimum absolute atomic E-state index is 0.000768. The van der Waals surface area contributed by atoms with Crippen LogP contribution in [0.25, 0.3) is 10.9 Å². The lowest BCUT2D eigenvalue weighted by atomic mass is 10.0. The van der Waals surface area contributed by atoms with E-state index >= 15 is 0 Å². The van der Waals surface area contributed by atoms with Gasteiger partial charge in [0.15, 0.2) is 41.7 Å². The fourth-order valence-corrected chi connectivity index (χ4v) is 9.47. The molecule has 0 fully saturated rings. The van der Waals surface area contributed by atoms with Crippen molar-refractivity contribution in [3.63, 3.8) is 0 Å². The molecule has 556 valence electrons. The number of guanidine groups is 7. The number of nitrogens with two attached hydrogens (primary N) is 16. The van der Waals surface area contributed by atoms with Crippen LogP contribution >= 0.6 is 0 Å². The highest BCUT2D eigenvalue weighted by molar-refractivity contribution is 5.98. The smallest absolute Gasteiger partial charge is 0.243 e. The van der Waals surface area contributed by atoms with Gasteiger partial charge in [0, 0.05) is 62.9 Å². The molecule has 43 nitrogen and oxygen atoms in total. The van der Waals surface area contributed by atoms with Crippen molar-refractivity contribution < 1.29 is 47.9 Å². The highest BCUT2D eigenvalue weighted by Gasteiger charge is 2.34. The van der Waals surface area contributed by atoms with E-state index in [2.05, 4.69) is 87.8 Å². The molecule has 43 heteroatoms. The predicted octanol–water partition coefficient (Wildman–Crippen LogP) is -11.5. The van der Waals surface area contributed by atoms with Crippen molar-refractivity contribution in [1.82, 2.24) is 52.8 Å². The molecule has 1 aromatic heterocycles. The van der Waals surface area contributed by atoms with Crippen molar-refractivity contribution in [2.45, 2.75) is 145 Å². The highest BCUT2D eigenvalue weighted by atomic mass is 16.2. The second-order valence-corrected chi connectivity index (χ2v) is 22.7. The van der Waals surface area contributed by atoms with E-state index in [1.165, 1.54) is 0 Å². The highest BCUT2D eigenvalue weighted by Crippen LogP contribution is 2.19. The first-order chi connectivity index (χ1) is 47.4. The maximum absolute atomic E-state index is 14.7. The molecule has 1 heterocycles. The number of amides is 10. The molecule has 1 aromatic carbocycles. The average molecular weight is 1410 g/mol. The molecule has 42 N–H and O–H groups in total. The lowest BCUT2D eigenvalue weighted by Gasteiger charge is -2.28. The minimum Gasteiger partial charge on any atom is -0.370 e. The molecule has 100 heavy (non-hydrogen) atoms. The van der Waals surface area contributed by atoms with Gasteiger partial charge in [-0.1, -0.05) is 18.2 Å². The van der Waals surface area contributed by atoms with Crippen molar-refractivity contribution in [3.05, 3.63) is 36.0 Å². The molecular formula is C57H103N33O10. The third-order valence-corrected chi connectivity index (χ3v) is 14.4. The Hall–Kier alpha value is -11.7. The number of carbonyl (C=O) groups is 10. The summed E-state index contributed by atoms with van der Waals surface area (Å²) in [5, 5.41) is 23.9. The fourth-order valence-electron chi connectivity index (χ4n) is 9.47. The number of aliphatic imine (C=N–C) groups is 7. The molecule has 0 aliphatic heterocycles. The van der Waals surface area contributed by atoms with Gasteiger partial charge in [-0.3, -0.25) is 82.9 Å². The van der Waals surface area contributed by atoms with E-state index < -0.39 is 120 Å². The number of aromatic nitrogens is 1. The number of nitrogens with zero attached hydrogens (tertiary/aromatic N) is 7. The van der Waals surface area contributed by atoms with Crippen LogP contribution in [0.2, 0.25) is 0 Å². The number of nitrogens with one attached hydrogen (secondary N) is 10. The van der Waals surface area contributed by atoms with Crippen LogP contribution in [-0.2, 0) is 54.4 Å². The number of primary amides is 1. The Labute approximate surface area is 576 Å². The normalized spacial score (nSPS) is 13.1. The molecule has 0 saturated heterocycles. The van der Waals surface area contributed by atoms with E-state index in [1.807, 2.05) is 24.3 Å². The van der Waals surface area contributed by atoms with Crippen LogP contribution in [0.4, 0.5) is 0 Å². The number of fused-ring (bicyclic) bond motifs is 1. The fraction of sp³-hybridized carbons (Fsp3) is 0.561. The van der Waals surface area contributed by atoms with Crippen molar-refractivity contribution in [2.24, 2.45) is 127 Å². The molecule has 0 bridgehead atoms. The van der Waals surface area contributed by atoms with Crippen LogP contribution in [0.3, 0.4) is 0 Å². The molecule has 0 aliphatic carbocycles. The maximum atomic E-state index is 14.7. The molecule has 10 amide bonds. The molecule has 0 spiro atoms. The number of hydrogen-bond acceptors (Lipinski definition) is 18. The zero-order valence-corrected chi connectivity index (χ0v) is 55.9. The maximum Gasteiger partial charge on any atom is 0.243 e. The monoisotopic (exact) mass is 1410 g/mol. The minimum atomic E-state index is -1.54. The Morgan fingerprint density at radius 1 is 0.340 bits per heavy atom. The predicted molar refractivity (Wildman–Crippen MR) is 378 cm³/mol. The number of aromatic amines is 1. The molecule has 0 saturated carbocycles. The Morgan fingerprint density at radius 3 is 0.910 bits per heavy atom. The van der Waals surface area contributed by atoms with Crippen molar-refractivity contribution >= 4 is 112 Å². The van der Waals surface area contributed by atoms with E-state index in [-0.39, 0.29) is 184 Å². The van der Waals surface area contributed by atoms with Gasteiger partial charge in [0.25, 0.3) is 0 Å². The molecule has 2 aromatic rings. The van der Waals surface area contributed by atoms with E-state index in [1.54, 1.807) is 6.20 Å².